The number of amides is 1. The quantitative estimate of drug-likeness (QED) is 0.644. The van der Waals surface area contributed by atoms with Gasteiger partial charge in [-0.2, -0.15) is 0 Å². The van der Waals surface area contributed by atoms with E-state index in [-0.39, 0.29) is 23.2 Å². The van der Waals surface area contributed by atoms with Gasteiger partial charge in [0.25, 0.3) is 11.6 Å². The highest BCUT2D eigenvalue weighted by atomic mass is 16.6. The molecule has 0 saturated heterocycles. The number of hydrogen-bond donors (Lipinski definition) is 2. The summed E-state index contributed by atoms with van der Waals surface area (Å²) in [5.74, 6) is 0.240. The SMILES string of the molecule is CNc1ccc([N+](=O)[O-])c(C(=O)NC2CC(C)C2)c1. The van der Waals surface area contributed by atoms with Crippen LogP contribution < -0.4 is 10.6 Å². The molecule has 1 fully saturated rings. The van der Waals surface area contributed by atoms with Gasteiger partial charge in [0.15, 0.2) is 0 Å². The maximum Gasteiger partial charge on any atom is 0.282 e. The molecule has 0 bridgehead atoms. The first-order valence-corrected chi connectivity index (χ1v) is 6.28. The van der Waals surface area contributed by atoms with Crippen LogP contribution in [0.1, 0.15) is 30.1 Å². The van der Waals surface area contributed by atoms with E-state index >= 15 is 0 Å². The number of hydrogen-bond acceptors (Lipinski definition) is 4. The Balaban J connectivity index is 2.20. The molecule has 6 heteroatoms. The second-order valence-corrected chi connectivity index (χ2v) is 4.99. The molecule has 1 aliphatic rings. The third-order valence-corrected chi connectivity index (χ3v) is 3.44. The van der Waals surface area contributed by atoms with E-state index in [1.165, 1.54) is 12.1 Å². The van der Waals surface area contributed by atoms with Gasteiger partial charge in [-0.3, -0.25) is 14.9 Å². The summed E-state index contributed by atoms with van der Waals surface area (Å²) in [7, 11) is 1.70. The van der Waals surface area contributed by atoms with Crippen molar-refractivity contribution in [1.82, 2.24) is 5.32 Å². The van der Waals surface area contributed by atoms with Crippen molar-refractivity contribution >= 4 is 17.3 Å². The van der Waals surface area contributed by atoms with Gasteiger partial charge in [-0.25, -0.2) is 0 Å². The highest BCUT2D eigenvalue weighted by molar-refractivity contribution is 5.99. The zero-order chi connectivity index (χ0) is 14.0. The zero-order valence-corrected chi connectivity index (χ0v) is 11.0. The largest absolute Gasteiger partial charge is 0.388 e. The molecular formula is C13H17N3O3. The summed E-state index contributed by atoms with van der Waals surface area (Å²) in [5, 5.41) is 16.7. The normalized spacial score (nSPS) is 21.4. The molecule has 1 saturated carbocycles. The second-order valence-electron chi connectivity index (χ2n) is 4.99. The molecule has 0 atom stereocenters. The molecule has 0 heterocycles. The summed E-state index contributed by atoms with van der Waals surface area (Å²) in [5.41, 5.74) is 0.623. The van der Waals surface area contributed by atoms with Gasteiger partial charge in [-0.15, -0.1) is 0 Å². The smallest absolute Gasteiger partial charge is 0.282 e. The first-order chi connectivity index (χ1) is 9.01. The van der Waals surface area contributed by atoms with Gasteiger partial charge < -0.3 is 10.6 Å². The molecule has 2 rings (SSSR count). The molecule has 2 N–H and O–H groups in total. The van der Waals surface area contributed by atoms with E-state index in [0.29, 0.717) is 11.6 Å². The number of rotatable bonds is 4. The van der Waals surface area contributed by atoms with Crippen molar-refractivity contribution in [2.75, 3.05) is 12.4 Å². The Morgan fingerprint density at radius 1 is 1.42 bits per heavy atom. The molecule has 0 aliphatic heterocycles. The Morgan fingerprint density at radius 3 is 2.63 bits per heavy atom. The fraction of sp³-hybridized carbons (Fsp3) is 0.462. The minimum Gasteiger partial charge on any atom is -0.388 e. The number of carbonyl (C=O) groups excluding carboxylic acids is 1. The van der Waals surface area contributed by atoms with Crippen LogP contribution in [0.5, 0.6) is 0 Å². The fourth-order valence-electron chi connectivity index (χ4n) is 2.32. The van der Waals surface area contributed by atoms with Crippen molar-refractivity contribution in [3.63, 3.8) is 0 Å². The summed E-state index contributed by atoms with van der Waals surface area (Å²) in [6.45, 7) is 2.12. The van der Waals surface area contributed by atoms with Crippen LogP contribution in [-0.2, 0) is 0 Å². The van der Waals surface area contributed by atoms with Crippen LogP contribution >= 0.6 is 0 Å². The lowest BCUT2D eigenvalue weighted by Gasteiger charge is -2.33. The van der Waals surface area contributed by atoms with Crippen LogP contribution in [0.25, 0.3) is 0 Å². The average molecular weight is 263 g/mol. The van der Waals surface area contributed by atoms with E-state index in [1.54, 1.807) is 13.1 Å². The van der Waals surface area contributed by atoms with Crippen LogP contribution in [0.4, 0.5) is 11.4 Å². The van der Waals surface area contributed by atoms with Crippen LogP contribution in [0.2, 0.25) is 0 Å². The van der Waals surface area contributed by atoms with Crippen LogP contribution in [-0.4, -0.2) is 23.9 Å². The van der Waals surface area contributed by atoms with Crippen LogP contribution in [0.3, 0.4) is 0 Å². The predicted molar refractivity (Wildman–Crippen MR) is 72.3 cm³/mol. The molecular weight excluding hydrogens is 246 g/mol. The Hall–Kier alpha value is -2.11. The van der Waals surface area contributed by atoms with E-state index in [2.05, 4.69) is 17.6 Å². The van der Waals surface area contributed by atoms with Gasteiger partial charge >= 0.3 is 0 Å². The van der Waals surface area contributed by atoms with E-state index in [1.807, 2.05) is 0 Å². The topological polar surface area (TPSA) is 84.3 Å². The standard InChI is InChI=1S/C13H17N3O3/c1-8-5-10(6-8)15-13(17)11-7-9(14-2)3-4-12(11)16(18)19/h3-4,7-8,10,14H,5-6H2,1-2H3,(H,15,17). The van der Waals surface area contributed by atoms with Gasteiger partial charge in [0.2, 0.25) is 0 Å². The predicted octanol–water partition coefficient (Wildman–Crippen LogP) is 2.16. The third-order valence-electron chi connectivity index (χ3n) is 3.44. The lowest BCUT2D eigenvalue weighted by molar-refractivity contribution is -0.385. The number of anilines is 1. The molecule has 1 amide bonds. The van der Waals surface area contributed by atoms with E-state index < -0.39 is 4.92 Å². The summed E-state index contributed by atoms with van der Waals surface area (Å²) >= 11 is 0. The summed E-state index contributed by atoms with van der Waals surface area (Å²) < 4.78 is 0. The first kappa shape index (κ1) is 13.3. The first-order valence-electron chi connectivity index (χ1n) is 6.28. The van der Waals surface area contributed by atoms with Gasteiger partial charge in [0.1, 0.15) is 5.56 Å². The van der Waals surface area contributed by atoms with Crippen LogP contribution in [0.15, 0.2) is 18.2 Å². The molecule has 0 unspecified atom stereocenters. The van der Waals surface area contributed by atoms with Gasteiger partial charge in [0.05, 0.1) is 4.92 Å². The van der Waals surface area contributed by atoms with Gasteiger partial charge in [0, 0.05) is 24.8 Å². The number of benzene rings is 1. The summed E-state index contributed by atoms with van der Waals surface area (Å²) in [4.78, 5) is 22.5. The third kappa shape index (κ3) is 2.83. The minimum absolute atomic E-state index is 0.108. The highest BCUT2D eigenvalue weighted by Crippen LogP contribution is 2.28. The Kier molecular flexibility index (Phi) is 3.69. The van der Waals surface area contributed by atoms with Crippen LogP contribution in [0, 0.1) is 16.0 Å². The molecule has 0 aromatic heterocycles. The molecule has 1 aliphatic carbocycles. The zero-order valence-electron chi connectivity index (χ0n) is 11.0. The van der Waals surface area contributed by atoms with Crippen molar-refractivity contribution in [2.45, 2.75) is 25.8 Å². The molecule has 6 nitrogen and oxygen atoms in total. The molecule has 1 aromatic carbocycles. The second kappa shape index (κ2) is 5.26. The number of nitrogens with one attached hydrogen (secondary N) is 2. The van der Waals surface area contributed by atoms with E-state index in [9.17, 15) is 14.9 Å². The Bertz CT molecular complexity index is 510. The van der Waals surface area contributed by atoms with Crippen molar-refractivity contribution < 1.29 is 9.72 Å². The monoisotopic (exact) mass is 263 g/mol. The molecule has 102 valence electrons. The number of carbonyl (C=O) groups is 1. The van der Waals surface area contributed by atoms with E-state index in [0.717, 1.165) is 12.8 Å². The van der Waals surface area contributed by atoms with Gasteiger partial charge in [-0.05, 0) is 30.9 Å². The molecule has 19 heavy (non-hydrogen) atoms. The maximum atomic E-state index is 12.1. The Labute approximate surface area is 111 Å². The number of nitro groups is 1. The summed E-state index contributed by atoms with van der Waals surface area (Å²) in [6, 6.07) is 4.58. The van der Waals surface area contributed by atoms with Crippen molar-refractivity contribution in [1.29, 1.82) is 0 Å². The van der Waals surface area contributed by atoms with Crippen molar-refractivity contribution in [3.8, 4) is 0 Å². The van der Waals surface area contributed by atoms with Crippen molar-refractivity contribution in [3.05, 3.63) is 33.9 Å². The summed E-state index contributed by atoms with van der Waals surface area (Å²) in [6.07, 6.45) is 1.87. The highest BCUT2D eigenvalue weighted by Gasteiger charge is 2.29. The number of nitrogens with zero attached hydrogens (tertiary/aromatic N) is 1. The van der Waals surface area contributed by atoms with E-state index in [4.69, 9.17) is 0 Å². The maximum absolute atomic E-state index is 12.1. The van der Waals surface area contributed by atoms with Crippen molar-refractivity contribution in [2.24, 2.45) is 5.92 Å². The van der Waals surface area contributed by atoms with Gasteiger partial charge in [-0.1, -0.05) is 6.92 Å². The molecule has 0 radical (unpaired) electrons. The Morgan fingerprint density at radius 2 is 2.11 bits per heavy atom. The molecule has 1 aromatic rings. The number of nitro benzene ring substituents is 1. The minimum atomic E-state index is -0.530. The average Bonchev–Trinajstić information content (AvgIpc) is 2.35. The molecule has 0 spiro atoms. The lowest BCUT2D eigenvalue weighted by Crippen LogP contribution is -2.43. The fourth-order valence-corrected chi connectivity index (χ4v) is 2.32. The lowest BCUT2D eigenvalue weighted by atomic mass is 9.82.